The van der Waals surface area contributed by atoms with Crippen molar-refractivity contribution in [3.63, 3.8) is 0 Å². The van der Waals surface area contributed by atoms with E-state index in [1.165, 1.54) is 17.1 Å². The van der Waals surface area contributed by atoms with Gasteiger partial charge in [0.05, 0.1) is 31.0 Å². The first-order chi connectivity index (χ1) is 15.5. The SMILES string of the molecule is COc1ccc(-c2cc(CNC(=O)C3CCCN(c4ccc(=O)n(C)n4)C3)ncn2)cc1. The summed E-state index contributed by atoms with van der Waals surface area (Å²) in [6.45, 7) is 1.71. The zero-order valence-corrected chi connectivity index (χ0v) is 18.2. The second-order valence-corrected chi connectivity index (χ2v) is 7.78. The third-order valence-corrected chi connectivity index (χ3v) is 5.62. The Labute approximate surface area is 186 Å². The van der Waals surface area contributed by atoms with Crippen LogP contribution in [-0.2, 0) is 18.4 Å². The molecule has 1 saturated heterocycles. The number of hydrogen-bond acceptors (Lipinski definition) is 7. The van der Waals surface area contributed by atoms with Crippen LogP contribution >= 0.6 is 0 Å². The Morgan fingerprint density at radius 2 is 2.00 bits per heavy atom. The summed E-state index contributed by atoms with van der Waals surface area (Å²) in [4.78, 5) is 35.1. The van der Waals surface area contributed by atoms with E-state index < -0.39 is 0 Å². The number of aryl methyl sites for hydroxylation is 1. The average Bonchev–Trinajstić information content (AvgIpc) is 2.84. The molecule has 1 N–H and O–H groups in total. The fourth-order valence-electron chi connectivity index (χ4n) is 3.79. The van der Waals surface area contributed by atoms with Crippen LogP contribution in [0.15, 0.2) is 53.6 Å². The van der Waals surface area contributed by atoms with Gasteiger partial charge in [-0.05, 0) is 49.2 Å². The molecule has 2 aromatic heterocycles. The molecular weight excluding hydrogens is 408 g/mol. The third-order valence-electron chi connectivity index (χ3n) is 5.62. The normalized spacial score (nSPS) is 15.9. The molecule has 9 nitrogen and oxygen atoms in total. The molecule has 1 aromatic carbocycles. The number of benzene rings is 1. The highest BCUT2D eigenvalue weighted by Gasteiger charge is 2.26. The van der Waals surface area contributed by atoms with E-state index in [1.807, 2.05) is 30.3 Å². The molecule has 0 spiro atoms. The lowest BCUT2D eigenvalue weighted by atomic mass is 9.97. The van der Waals surface area contributed by atoms with E-state index in [1.54, 1.807) is 20.2 Å². The van der Waals surface area contributed by atoms with Crippen LogP contribution in [0.25, 0.3) is 11.3 Å². The van der Waals surface area contributed by atoms with Crippen molar-refractivity contribution >= 4 is 11.7 Å². The number of carbonyl (C=O) groups excluding carboxylic acids is 1. The molecule has 32 heavy (non-hydrogen) atoms. The maximum atomic E-state index is 12.8. The number of aromatic nitrogens is 4. The van der Waals surface area contributed by atoms with Crippen molar-refractivity contribution in [3.05, 3.63) is 64.8 Å². The molecule has 0 bridgehead atoms. The van der Waals surface area contributed by atoms with Crippen molar-refractivity contribution in [2.45, 2.75) is 19.4 Å². The Bertz CT molecular complexity index is 1140. The highest BCUT2D eigenvalue weighted by atomic mass is 16.5. The quantitative estimate of drug-likeness (QED) is 0.631. The van der Waals surface area contributed by atoms with E-state index in [-0.39, 0.29) is 17.4 Å². The van der Waals surface area contributed by atoms with Gasteiger partial charge in [0.15, 0.2) is 0 Å². The van der Waals surface area contributed by atoms with Crippen LogP contribution < -0.4 is 20.5 Å². The minimum absolute atomic E-state index is 0.0101. The van der Waals surface area contributed by atoms with Crippen LogP contribution in [0.1, 0.15) is 18.5 Å². The second-order valence-electron chi connectivity index (χ2n) is 7.78. The molecule has 9 heteroatoms. The molecule has 3 aromatic rings. The van der Waals surface area contributed by atoms with Gasteiger partial charge in [0.2, 0.25) is 5.91 Å². The van der Waals surface area contributed by atoms with Gasteiger partial charge in [0.1, 0.15) is 17.9 Å². The molecular formula is C23H26N6O3. The first-order valence-corrected chi connectivity index (χ1v) is 10.6. The van der Waals surface area contributed by atoms with Gasteiger partial charge in [-0.15, -0.1) is 0 Å². The van der Waals surface area contributed by atoms with Gasteiger partial charge in [-0.2, -0.15) is 5.10 Å². The van der Waals surface area contributed by atoms with E-state index in [0.717, 1.165) is 42.1 Å². The Kier molecular flexibility index (Phi) is 6.44. The predicted molar refractivity (Wildman–Crippen MR) is 120 cm³/mol. The number of nitrogens with one attached hydrogen (secondary N) is 1. The maximum Gasteiger partial charge on any atom is 0.266 e. The van der Waals surface area contributed by atoms with Gasteiger partial charge >= 0.3 is 0 Å². The zero-order chi connectivity index (χ0) is 22.5. The molecule has 3 heterocycles. The van der Waals surface area contributed by atoms with Crippen molar-refractivity contribution < 1.29 is 9.53 Å². The van der Waals surface area contributed by atoms with Crippen molar-refractivity contribution in [2.75, 3.05) is 25.1 Å². The van der Waals surface area contributed by atoms with Gasteiger partial charge in [0.25, 0.3) is 5.56 Å². The highest BCUT2D eigenvalue weighted by Crippen LogP contribution is 2.22. The molecule has 1 fully saturated rings. The first kappa shape index (κ1) is 21.5. The van der Waals surface area contributed by atoms with Crippen molar-refractivity contribution in [1.29, 1.82) is 0 Å². The Morgan fingerprint density at radius 1 is 1.19 bits per heavy atom. The molecule has 1 atom stereocenters. The van der Waals surface area contributed by atoms with E-state index in [9.17, 15) is 9.59 Å². The summed E-state index contributed by atoms with van der Waals surface area (Å²) in [7, 11) is 3.26. The highest BCUT2D eigenvalue weighted by molar-refractivity contribution is 5.79. The summed E-state index contributed by atoms with van der Waals surface area (Å²) >= 11 is 0. The van der Waals surface area contributed by atoms with Gasteiger partial charge < -0.3 is 15.0 Å². The number of amides is 1. The Hall–Kier alpha value is -3.75. The third kappa shape index (κ3) is 4.93. The molecule has 1 aliphatic heterocycles. The molecule has 0 saturated carbocycles. The van der Waals surface area contributed by atoms with Crippen LogP contribution in [0.3, 0.4) is 0 Å². The number of methoxy groups -OCH3 is 1. The van der Waals surface area contributed by atoms with Crippen LogP contribution in [0.2, 0.25) is 0 Å². The number of nitrogens with zero attached hydrogens (tertiary/aromatic N) is 5. The number of anilines is 1. The van der Waals surface area contributed by atoms with E-state index in [0.29, 0.717) is 18.9 Å². The summed E-state index contributed by atoms with van der Waals surface area (Å²) in [5.41, 5.74) is 2.33. The molecule has 0 radical (unpaired) electrons. The summed E-state index contributed by atoms with van der Waals surface area (Å²) in [6.07, 6.45) is 3.21. The van der Waals surface area contributed by atoms with Gasteiger partial charge in [-0.25, -0.2) is 14.6 Å². The topological polar surface area (TPSA) is 102 Å². The molecule has 1 amide bonds. The molecule has 4 rings (SSSR count). The summed E-state index contributed by atoms with van der Waals surface area (Å²) in [6, 6.07) is 12.7. The summed E-state index contributed by atoms with van der Waals surface area (Å²) in [5.74, 6) is 1.34. The number of rotatable bonds is 6. The summed E-state index contributed by atoms with van der Waals surface area (Å²) < 4.78 is 6.51. The van der Waals surface area contributed by atoms with Crippen LogP contribution in [0, 0.1) is 5.92 Å². The number of hydrogen-bond donors (Lipinski definition) is 1. The average molecular weight is 435 g/mol. The number of piperidine rings is 1. The zero-order valence-electron chi connectivity index (χ0n) is 18.2. The number of carbonyl (C=O) groups is 1. The fourth-order valence-corrected chi connectivity index (χ4v) is 3.79. The largest absolute Gasteiger partial charge is 0.497 e. The maximum absolute atomic E-state index is 12.8. The van der Waals surface area contributed by atoms with Crippen LogP contribution in [0.5, 0.6) is 5.75 Å². The molecule has 0 aliphatic carbocycles. The lowest BCUT2D eigenvalue weighted by molar-refractivity contribution is -0.125. The van der Waals surface area contributed by atoms with Gasteiger partial charge in [-0.3, -0.25) is 9.59 Å². The minimum atomic E-state index is -0.154. The van der Waals surface area contributed by atoms with Crippen molar-refractivity contribution in [2.24, 2.45) is 13.0 Å². The van der Waals surface area contributed by atoms with E-state index >= 15 is 0 Å². The predicted octanol–water partition coefficient (Wildman–Crippen LogP) is 1.78. The first-order valence-electron chi connectivity index (χ1n) is 10.6. The lowest BCUT2D eigenvalue weighted by Crippen LogP contribution is -2.43. The lowest BCUT2D eigenvalue weighted by Gasteiger charge is -2.32. The Morgan fingerprint density at radius 3 is 2.75 bits per heavy atom. The Balaban J connectivity index is 1.37. The van der Waals surface area contributed by atoms with E-state index in [4.69, 9.17) is 4.74 Å². The monoisotopic (exact) mass is 434 g/mol. The summed E-state index contributed by atoms with van der Waals surface area (Å²) in [5, 5.41) is 7.31. The van der Waals surface area contributed by atoms with E-state index in [2.05, 4.69) is 25.3 Å². The van der Waals surface area contributed by atoms with Gasteiger partial charge in [-0.1, -0.05) is 0 Å². The standard InChI is InChI=1S/C23H26N6O3/c1-28-22(30)10-9-21(27-28)29-11-3-4-17(14-29)23(31)24-13-18-12-20(26-15-25-18)16-5-7-19(32-2)8-6-16/h5-10,12,15,17H,3-4,11,13-14H2,1-2H3,(H,24,31). The van der Waals surface area contributed by atoms with Crippen molar-refractivity contribution in [3.8, 4) is 17.0 Å². The second kappa shape index (κ2) is 9.59. The van der Waals surface area contributed by atoms with Crippen molar-refractivity contribution in [1.82, 2.24) is 25.1 Å². The number of ether oxygens (including phenoxy) is 1. The smallest absolute Gasteiger partial charge is 0.266 e. The van der Waals surface area contributed by atoms with Gasteiger partial charge in [0, 0.05) is 31.8 Å². The minimum Gasteiger partial charge on any atom is -0.497 e. The molecule has 166 valence electrons. The molecule has 1 aliphatic rings. The fraction of sp³-hybridized carbons (Fsp3) is 0.348. The van der Waals surface area contributed by atoms with Crippen LogP contribution in [0.4, 0.5) is 5.82 Å². The molecule has 1 unspecified atom stereocenters. The van der Waals surface area contributed by atoms with Crippen LogP contribution in [-0.4, -0.2) is 45.9 Å².